The molecule has 0 bridgehead atoms. The zero-order valence-corrected chi connectivity index (χ0v) is 18.5. The van der Waals surface area contributed by atoms with Gasteiger partial charge in [0, 0.05) is 18.3 Å². The molecule has 3 rings (SSSR count). The lowest BCUT2D eigenvalue weighted by molar-refractivity contribution is -0.136. The number of imide groups is 1. The van der Waals surface area contributed by atoms with Gasteiger partial charge < -0.3 is 19.5 Å². The predicted octanol–water partition coefficient (Wildman–Crippen LogP) is 4.09. The Morgan fingerprint density at radius 1 is 0.935 bits per heavy atom. The van der Waals surface area contributed by atoms with E-state index < -0.39 is 0 Å². The van der Waals surface area contributed by atoms with E-state index in [2.05, 4.69) is 5.32 Å². The van der Waals surface area contributed by atoms with Crippen LogP contribution in [0.3, 0.4) is 0 Å². The summed E-state index contributed by atoms with van der Waals surface area (Å²) in [5, 5.41) is 3.13. The van der Waals surface area contributed by atoms with Crippen molar-refractivity contribution in [3.05, 3.63) is 53.7 Å². The van der Waals surface area contributed by atoms with Crippen molar-refractivity contribution in [1.29, 1.82) is 0 Å². The fourth-order valence-corrected chi connectivity index (χ4v) is 3.42. The Morgan fingerprint density at radius 3 is 2.19 bits per heavy atom. The van der Waals surface area contributed by atoms with Crippen molar-refractivity contribution in [2.24, 2.45) is 0 Å². The molecular formula is C24H28N2O5. The summed E-state index contributed by atoms with van der Waals surface area (Å²) in [6.07, 6.45) is 0.720. The van der Waals surface area contributed by atoms with Gasteiger partial charge in [0.1, 0.15) is 11.4 Å². The second kappa shape index (κ2) is 9.55. The molecule has 0 fully saturated rings. The molecular weight excluding hydrogens is 396 g/mol. The minimum Gasteiger partial charge on any atom is -0.493 e. The van der Waals surface area contributed by atoms with Crippen molar-refractivity contribution in [2.45, 2.75) is 33.3 Å². The SMILES string of the molecule is CCCN1C(=O)C(Nc2ccc(OC)c(OC)c2)=C(c2ccc(OC(C)C)cc2)C1=O. The lowest BCUT2D eigenvalue weighted by Gasteiger charge is -2.14. The molecule has 0 unspecified atom stereocenters. The van der Waals surface area contributed by atoms with Crippen LogP contribution in [-0.2, 0) is 9.59 Å². The van der Waals surface area contributed by atoms with Gasteiger partial charge in [-0.2, -0.15) is 0 Å². The van der Waals surface area contributed by atoms with E-state index in [9.17, 15) is 9.59 Å². The summed E-state index contributed by atoms with van der Waals surface area (Å²) < 4.78 is 16.3. The molecule has 2 amide bonds. The van der Waals surface area contributed by atoms with E-state index in [1.807, 2.05) is 20.8 Å². The number of hydrogen-bond donors (Lipinski definition) is 1. The van der Waals surface area contributed by atoms with Crippen LogP contribution in [0.5, 0.6) is 17.2 Å². The molecule has 1 N–H and O–H groups in total. The van der Waals surface area contributed by atoms with E-state index in [1.165, 1.54) is 4.90 Å². The molecule has 2 aromatic carbocycles. The van der Waals surface area contributed by atoms with E-state index in [1.54, 1.807) is 56.7 Å². The summed E-state index contributed by atoms with van der Waals surface area (Å²) >= 11 is 0. The van der Waals surface area contributed by atoms with Gasteiger partial charge in [0.05, 0.1) is 25.9 Å². The van der Waals surface area contributed by atoms with E-state index in [4.69, 9.17) is 14.2 Å². The minimum atomic E-state index is -0.348. The van der Waals surface area contributed by atoms with Crippen molar-refractivity contribution < 1.29 is 23.8 Å². The molecule has 0 saturated heterocycles. The number of ether oxygens (including phenoxy) is 3. The first-order valence-corrected chi connectivity index (χ1v) is 10.3. The molecule has 7 nitrogen and oxygen atoms in total. The molecule has 0 aromatic heterocycles. The number of nitrogens with zero attached hydrogens (tertiary/aromatic N) is 1. The Morgan fingerprint density at radius 2 is 1.61 bits per heavy atom. The van der Waals surface area contributed by atoms with Crippen LogP contribution in [-0.4, -0.2) is 43.6 Å². The van der Waals surface area contributed by atoms with Crippen LogP contribution in [0.25, 0.3) is 5.57 Å². The number of carbonyl (C=O) groups excluding carboxylic acids is 2. The Labute approximate surface area is 182 Å². The van der Waals surface area contributed by atoms with Crippen LogP contribution < -0.4 is 19.5 Å². The average Bonchev–Trinajstić information content (AvgIpc) is 2.98. The van der Waals surface area contributed by atoms with E-state index in [-0.39, 0.29) is 23.6 Å². The number of methoxy groups -OCH3 is 2. The van der Waals surface area contributed by atoms with Crippen molar-refractivity contribution in [1.82, 2.24) is 4.90 Å². The molecule has 0 spiro atoms. The first-order chi connectivity index (χ1) is 14.9. The van der Waals surface area contributed by atoms with Crippen molar-refractivity contribution in [3.63, 3.8) is 0 Å². The van der Waals surface area contributed by atoms with Gasteiger partial charge in [-0.25, -0.2) is 0 Å². The molecule has 0 radical (unpaired) electrons. The smallest absolute Gasteiger partial charge is 0.278 e. The Bertz CT molecular complexity index is 996. The van der Waals surface area contributed by atoms with Crippen LogP contribution in [0.15, 0.2) is 48.2 Å². The van der Waals surface area contributed by atoms with Crippen LogP contribution >= 0.6 is 0 Å². The number of hydrogen-bond acceptors (Lipinski definition) is 6. The van der Waals surface area contributed by atoms with Gasteiger partial charge >= 0.3 is 0 Å². The molecule has 0 aliphatic carbocycles. The van der Waals surface area contributed by atoms with E-state index in [0.29, 0.717) is 47.0 Å². The highest BCUT2D eigenvalue weighted by Gasteiger charge is 2.38. The molecule has 1 aliphatic heterocycles. The molecule has 1 heterocycles. The zero-order chi connectivity index (χ0) is 22.5. The van der Waals surface area contributed by atoms with Crippen LogP contribution in [0, 0.1) is 0 Å². The van der Waals surface area contributed by atoms with E-state index >= 15 is 0 Å². The van der Waals surface area contributed by atoms with Crippen molar-refractivity contribution >= 4 is 23.1 Å². The maximum Gasteiger partial charge on any atom is 0.278 e. The van der Waals surface area contributed by atoms with Gasteiger partial charge in [-0.15, -0.1) is 0 Å². The number of rotatable bonds is 9. The summed E-state index contributed by atoms with van der Waals surface area (Å²) in [6.45, 7) is 6.18. The predicted molar refractivity (Wildman–Crippen MR) is 119 cm³/mol. The van der Waals surface area contributed by atoms with Gasteiger partial charge in [0.15, 0.2) is 11.5 Å². The third-order valence-electron chi connectivity index (χ3n) is 4.78. The minimum absolute atomic E-state index is 0.0436. The van der Waals surface area contributed by atoms with Crippen LogP contribution in [0.2, 0.25) is 0 Å². The molecule has 1 aliphatic rings. The average molecular weight is 424 g/mol. The number of carbonyl (C=O) groups is 2. The van der Waals surface area contributed by atoms with Crippen LogP contribution in [0.1, 0.15) is 32.8 Å². The van der Waals surface area contributed by atoms with Gasteiger partial charge in [-0.3, -0.25) is 14.5 Å². The largest absolute Gasteiger partial charge is 0.493 e. The summed E-state index contributed by atoms with van der Waals surface area (Å²) in [7, 11) is 3.10. The summed E-state index contributed by atoms with van der Waals surface area (Å²) in [4.78, 5) is 27.5. The summed E-state index contributed by atoms with van der Waals surface area (Å²) in [5.74, 6) is 1.14. The van der Waals surface area contributed by atoms with Gasteiger partial charge in [0.2, 0.25) is 0 Å². The van der Waals surface area contributed by atoms with E-state index in [0.717, 1.165) is 0 Å². The fourth-order valence-electron chi connectivity index (χ4n) is 3.42. The lowest BCUT2D eigenvalue weighted by atomic mass is 10.0. The summed E-state index contributed by atoms with van der Waals surface area (Å²) in [5.41, 5.74) is 1.84. The first-order valence-electron chi connectivity index (χ1n) is 10.3. The molecule has 2 aromatic rings. The number of nitrogens with one attached hydrogen (secondary N) is 1. The second-order valence-electron chi connectivity index (χ2n) is 7.40. The molecule has 7 heteroatoms. The number of benzene rings is 2. The molecule has 31 heavy (non-hydrogen) atoms. The Kier molecular flexibility index (Phi) is 6.84. The van der Waals surface area contributed by atoms with Gasteiger partial charge in [-0.1, -0.05) is 19.1 Å². The molecule has 0 atom stereocenters. The number of anilines is 1. The third kappa shape index (κ3) is 4.66. The lowest BCUT2D eigenvalue weighted by Crippen LogP contribution is -2.33. The maximum atomic E-state index is 13.1. The molecule has 164 valence electrons. The highest BCUT2D eigenvalue weighted by atomic mass is 16.5. The quantitative estimate of drug-likeness (QED) is 0.611. The normalized spacial score (nSPS) is 13.8. The monoisotopic (exact) mass is 424 g/mol. The maximum absolute atomic E-state index is 13.1. The standard InChI is InChI=1S/C24H28N2O5/c1-6-13-26-23(27)21(16-7-10-18(11-8-16)31-15(2)3)22(24(26)28)25-17-9-12-19(29-4)20(14-17)30-5/h7-12,14-15,25H,6,13H2,1-5H3. The summed E-state index contributed by atoms with van der Waals surface area (Å²) in [6, 6.07) is 12.4. The zero-order valence-electron chi connectivity index (χ0n) is 18.5. The Balaban J connectivity index is 2.02. The van der Waals surface area contributed by atoms with Gasteiger partial charge in [-0.05, 0) is 50.1 Å². The second-order valence-corrected chi connectivity index (χ2v) is 7.40. The molecule has 0 saturated carbocycles. The Hall–Kier alpha value is -3.48. The topological polar surface area (TPSA) is 77.1 Å². The fraction of sp³-hybridized carbons (Fsp3) is 0.333. The van der Waals surface area contributed by atoms with Crippen LogP contribution in [0.4, 0.5) is 5.69 Å². The first kappa shape index (κ1) is 22.2. The third-order valence-corrected chi connectivity index (χ3v) is 4.78. The number of amides is 2. The van der Waals surface area contributed by atoms with Crippen molar-refractivity contribution in [3.8, 4) is 17.2 Å². The highest BCUT2D eigenvalue weighted by Crippen LogP contribution is 2.34. The highest BCUT2D eigenvalue weighted by molar-refractivity contribution is 6.36. The van der Waals surface area contributed by atoms with Crippen molar-refractivity contribution in [2.75, 3.05) is 26.1 Å². The van der Waals surface area contributed by atoms with Gasteiger partial charge in [0.25, 0.3) is 11.8 Å².